The van der Waals surface area contributed by atoms with Gasteiger partial charge < -0.3 is 20.3 Å². The van der Waals surface area contributed by atoms with Gasteiger partial charge in [0.15, 0.2) is 0 Å². The minimum Gasteiger partial charge on any atom is -0.491 e. The van der Waals surface area contributed by atoms with Crippen LogP contribution in [0.2, 0.25) is 0 Å². The molecule has 1 aromatic rings. The Morgan fingerprint density at radius 2 is 1.95 bits per heavy atom. The summed E-state index contributed by atoms with van der Waals surface area (Å²) < 4.78 is 5.44. The third-order valence-electron chi connectivity index (χ3n) is 2.87. The lowest BCUT2D eigenvalue weighted by atomic mass is 10.0. The van der Waals surface area contributed by atoms with Crippen molar-refractivity contribution in [3.8, 4) is 5.75 Å². The monoisotopic (exact) mass is 331 g/mol. The maximum absolute atomic E-state index is 11.9. The number of nitrogens with zero attached hydrogens (tertiary/aromatic N) is 2. The van der Waals surface area contributed by atoms with E-state index in [9.17, 15) is 19.9 Å². The number of rotatable bonds is 9. The van der Waals surface area contributed by atoms with Crippen molar-refractivity contribution >= 4 is 17.6 Å². The van der Waals surface area contributed by atoms with Crippen LogP contribution in [-0.2, 0) is 0 Å². The molecule has 0 atom stereocenters. The fourth-order valence-corrected chi connectivity index (χ4v) is 1.71. The van der Waals surface area contributed by atoms with E-state index >= 15 is 0 Å². The molecule has 0 aliphatic carbocycles. The molecule has 122 valence electrons. The van der Waals surface area contributed by atoms with Gasteiger partial charge in [-0.2, -0.15) is 5.01 Å². The van der Waals surface area contributed by atoms with Gasteiger partial charge in [-0.15, -0.1) is 16.5 Å². The summed E-state index contributed by atoms with van der Waals surface area (Å²) in [6.07, 6.45) is 0. The highest BCUT2D eigenvalue weighted by Crippen LogP contribution is 2.13. The lowest BCUT2D eigenvalue weighted by molar-refractivity contribution is 0.0530. The highest BCUT2D eigenvalue weighted by atomic mass is 35.5. The lowest BCUT2D eigenvalue weighted by Gasteiger charge is -2.31. The van der Waals surface area contributed by atoms with E-state index in [0.717, 1.165) is 0 Å². The maximum atomic E-state index is 11.9. The number of alkyl halides is 1. The number of benzene rings is 1. The summed E-state index contributed by atoms with van der Waals surface area (Å²) in [6.45, 7) is -1.46. The van der Waals surface area contributed by atoms with Crippen LogP contribution in [0.25, 0.3) is 0 Å². The third kappa shape index (κ3) is 5.14. The van der Waals surface area contributed by atoms with Gasteiger partial charge in [-0.3, -0.25) is 0 Å². The zero-order valence-corrected chi connectivity index (χ0v) is 12.6. The molecule has 0 saturated carbocycles. The average Bonchev–Trinajstić information content (AvgIpc) is 2.57. The number of carbonyl (C=O) groups is 1. The zero-order valence-electron chi connectivity index (χ0n) is 11.8. The second kappa shape index (κ2) is 9.19. The molecule has 0 bridgehead atoms. The molecule has 8 nitrogen and oxygen atoms in total. The highest BCUT2D eigenvalue weighted by Gasteiger charge is 2.34. The molecule has 3 N–H and O–H groups in total. The molecule has 22 heavy (non-hydrogen) atoms. The summed E-state index contributed by atoms with van der Waals surface area (Å²) >= 11 is 5.46. The van der Waals surface area contributed by atoms with Crippen molar-refractivity contribution in [2.24, 2.45) is 5.29 Å². The van der Waals surface area contributed by atoms with Crippen molar-refractivity contribution in [2.45, 2.75) is 5.54 Å². The Morgan fingerprint density at radius 3 is 2.45 bits per heavy atom. The first-order valence-electron chi connectivity index (χ1n) is 6.49. The molecule has 0 spiro atoms. The lowest BCUT2D eigenvalue weighted by Crippen LogP contribution is -2.60. The quantitative estimate of drug-likeness (QED) is 0.351. The number of urea groups is 1. The van der Waals surface area contributed by atoms with Crippen molar-refractivity contribution < 1.29 is 19.7 Å². The molecule has 1 aromatic carbocycles. The summed E-state index contributed by atoms with van der Waals surface area (Å²) in [6, 6.07) is 7.82. The van der Waals surface area contributed by atoms with E-state index < -0.39 is 24.8 Å². The van der Waals surface area contributed by atoms with Gasteiger partial charge in [-0.05, 0) is 12.1 Å². The predicted molar refractivity (Wildman–Crippen MR) is 80.6 cm³/mol. The number of para-hydroxylation sites is 1. The normalized spacial score (nSPS) is 10.9. The fourth-order valence-electron chi connectivity index (χ4n) is 1.55. The number of halogens is 1. The molecular formula is C13H18ClN3O5. The van der Waals surface area contributed by atoms with Crippen molar-refractivity contribution in [3.05, 3.63) is 35.2 Å². The summed E-state index contributed by atoms with van der Waals surface area (Å²) in [5.74, 6) is 0.527. The van der Waals surface area contributed by atoms with Gasteiger partial charge in [0.05, 0.1) is 25.0 Å². The molecule has 0 radical (unpaired) electrons. The van der Waals surface area contributed by atoms with Crippen LogP contribution in [0.1, 0.15) is 0 Å². The van der Waals surface area contributed by atoms with Crippen LogP contribution in [-0.4, -0.2) is 59.0 Å². The van der Waals surface area contributed by atoms with Crippen molar-refractivity contribution in [1.29, 1.82) is 0 Å². The standard InChI is InChI=1S/C13H18ClN3O5/c14-6-7-17(16-21)12(20)15-13(8-18,9-19)10-22-11-4-2-1-3-5-11/h1-5,18-19H,6-10H2,(H,15,20). The number of nitrogens with one attached hydrogen (secondary N) is 1. The van der Waals surface area contributed by atoms with Gasteiger partial charge in [0, 0.05) is 5.88 Å². The minimum atomic E-state index is -1.46. The smallest absolute Gasteiger partial charge is 0.341 e. The highest BCUT2D eigenvalue weighted by molar-refractivity contribution is 6.18. The van der Waals surface area contributed by atoms with Gasteiger partial charge in [0.1, 0.15) is 17.9 Å². The Bertz CT molecular complexity index is 470. The molecule has 0 saturated heterocycles. The van der Waals surface area contributed by atoms with E-state index in [1.54, 1.807) is 30.3 Å². The molecule has 0 aliphatic heterocycles. The van der Waals surface area contributed by atoms with Gasteiger partial charge in [0.25, 0.3) is 0 Å². The van der Waals surface area contributed by atoms with E-state index in [-0.39, 0.29) is 19.0 Å². The molecule has 0 heterocycles. The van der Waals surface area contributed by atoms with E-state index in [0.29, 0.717) is 10.8 Å². The topological polar surface area (TPSA) is 111 Å². The van der Waals surface area contributed by atoms with Crippen LogP contribution < -0.4 is 10.1 Å². The Labute approximate surface area is 132 Å². The van der Waals surface area contributed by atoms with E-state index in [4.69, 9.17) is 16.3 Å². The van der Waals surface area contributed by atoms with Crippen molar-refractivity contribution in [1.82, 2.24) is 10.3 Å². The molecule has 2 amide bonds. The molecule has 0 aromatic heterocycles. The molecule has 0 unspecified atom stereocenters. The van der Waals surface area contributed by atoms with Crippen LogP contribution in [0.5, 0.6) is 5.75 Å². The summed E-state index contributed by atoms with van der Waals surface area (Å²) in [5, 5.41) is 24.4. The number of aliphatic hydroxyl groups is 2. The molecule has 0 fully saturated rings. The second-order valence-electron chi connectivity index (χ2n) is 4.52. The Hall–Kier alpha value is -1.90. The van der Waals surface area contributed by atoms with Crippen LogP contribution in [0.3, 0.4) is 0 Å². The summed E-state index contributed by atoms with van der Waals surface area (Å²) in [5.41, 5.74) is -1.46. The van der Waals surface area contributed by atoms with Gasteiger partial charge >= 0.3 is 6.03 Å². The number of hydrogen-bond donors (Lipinski definition) is 3. The molecule has 1 rings (SSSR count). The SMILES string of the molecule is O=NN(CCCl)C(=O)NC(CO)(CO)COc1ccccc1. The number of nitroso groups, excluding NO2 is 1. The van der Waals surface area contributed by atoms with Gasteiger partial charge in [-0.1, -0.05) is 18.2 Å². The number of carbonyl (C=O) groups excluding carboxylic acids is 1. The van der Waals surface area contributed by atoms with Gasteiger partial charge in [-0.25, -0.2) is 4.79 Å². The van der Waals surface area contributed by atoms with Crippen LogP contribution in [0, 0.1) is 4.91 Å². The second-order valence-corrected chi connectivity index (χ2v) is 4.90. The summed E-state index contributed by atoms with van der Waals surface area (Å²) in [4.78, 5) is 22.5. The molecule has 0 aliphatic rings. The molecule has 9 heteroatoms. The predicted octanol–water partition coefficient (Wildman–Crippen LogP) is 0.721. The van der Waals surface area contributed by atoms with Crippen LogP contribution >= 0.6 is 11.6 Å². The number of aliphatic hydroxyl groups excluding tert-OH is 2. The van der Waals surface area contributed by atoms with Crippen LogP contribution in [0.15, 0.2) is 35.6 Å². The average molecular weight is 332 g/mol. The number of hydrogen-bond acceptors (Lipinski definition) is 6. The number of amides is 2. The van der Waals surface area contributed by atoms with Crippen molar-refractivity contribution in [2.75, 3.05) is 32.2 Å². The maximum Gasteiger partial charge on any atom is 0.341 e. The zero-order chi connectivity index (χ0) is 16.4. The minimum absolute atomic E-state index is 0.0188. The van der Waals surface area contributed by atoms with E-state index in [2.05, 4.69) is 10.6 Å². The first-order chi connectivity index (χ1) is 10.6. The molecular weight excluding hydrogens is 314 g/mol. The largest absolute Gasteiger partial charge is 0.491 e. The first kappa shape index (κ1) is 18.1. The van der Waals surface area contributed by atoms with Crippen molar-refractivity contribution in [3.63, 3.8) is 0 Å². The fraction of sp³-hybridized carbons (Fsp3) is 0.462. The van der Waals surface area contributed by atoms with E-state index in [1.165, 1.54) is 0 Å². The Balaban J connectivity index is 2.73. The Kier molecular flexibility index (Phi) is 7.58. The van der Waals surface area contributed by atoms with E-state index in [1.807, 2.05) is 0 Å². The summed E-state index contributed by atoms with van der Waals surface area (Å²) in [7, 11) is 0. The van der Waals surface area contributed by atoms with Gasteiger partial charge in [0.2, 0.25) is 0 Å². The first-order valence-corrected chi connectivity index (χ1v) is 7.02. The third-order valence-corrected chi connectivity index (χ3v) is 3.03. The Morgan fingerprint density at radius 1 is 1.32 bits per heavy atom. The van der Waals surface area contributed by atoms with Crippen LogP contribution in [0.4, 0.5) is 4.79 Å². The number of ether oxygens (including phenoxy) is 1.